The maximum Gasteiger partial charge on any atom is 0.407 e. The van der Waals surface area contributed by atoms with Crippen LogP contribution in [0.5, 0.6) is 0 Å². The molecular formula is C16H21NO9. The van der Waals surface area contributed by atoms with Crippen molar-refractivity contribution in [2.24, 2.45) is 0 Å². The zero-order valence-corrected chi connectivity index (χ0v) is 13.7. The van der Waals surface area contributed by atoms with E-state index in [4.69, 9.17) is 9.84 Å². The summed E-state index contributed by atoms with van der Waals surface area (Å²) in [4.78, 5) is 33.2. The SMILES string of the molecule is O=C[C@@H](O)[C@@H](O)[C@H](O)[C@H](O)COC(=O)CNC(=O)OCc1ccccc1. The number of nitrogens with one attached hydrogen (secondary N) is 1. The lowest BCUT2D eigenvalue weighted by molar-refractivity contribution is -0.155. The Balaban J connectivity index is 2.25. The molecule has 10 nitrogen and oxygen atoms in total. The number of hydrogen-bond donors (Lipinski definition) is 5. The van der Waals surface area contributed by atoms with Gasteiger partial charge in [-0.05, 0) is 5.56 Å². The molecule has 0 aliphatic heterocycles. The molecule has 0 unspecified atom stereocenters. The summed E-state index contributed by atoms with van der Waals surface area (Å²) in [5.41, 5.74) is 0.762. The topological polar surface area (TPSA) is 163 Å². The summed E-state index contributed by atoms with van der Waals surface area (Å²) < 4.78 is 9.47. The van der Waals surface area contributed by atoms with Crippen molar-refractivity contribution in [3.05, 3.63) is 35.9 Å². The second kappa shape index (κ2) is 11.2. The number of benzene rings is 1. The molecule has 0 spiro atoms. The molecular weight excluding hydrogens is 350 g/mol. The van der Waals surface area contributed by atoms with Gasteiger partial charge in [-0.15, -0.1) is 0 Å². The van der Waals surface area contributed by atoms with E-state index in [0.29, 0.717) is 0 Å². The van der Waals surface area contributed by atoms with Crippen LogP contribution in [0.15, 0.2) is 30.3 Å². The second-order valence-corrected chi connectivity index (χ2v) is 5.27. The zero-order chi connectivity index (χ0) is 19.5. The van der Waals surface area contributed by atoms with Crippen LogP contribution in [-0.2, 0) is 25.7 Å². The van der Waals surface area contributed by atoms with Crippen LogP contribution in [0.1, 0.15) is 5.56 Å². The summed E-state index contributed by atoms with van der Waals surface area (Å²) in [6.45, 7) is -1.25. The number of hydrogen-bond acceptors (Lipinski definition) is 9. The summed E-state index contributed by atoms with van der Waals surface area (Å²) in [6.07, 6.45) is -8.35. The fourth-order valence-electron chi connectivity index (χ4n) is 1.76. The Bertz CT molecular complexity index is 580. The van der Waals surface area contributed by atoms with Gasteiger partial charge < -0.3 is 40.0 Å². The van der Waals surface area contributed by atoms with Crippen LogP contribution in [0, 0.1) is 0 Å². The Morgan fingerprint density at radius 3 is 2.31 bits per heavy atom. The van der Waals surface area contributed by atoms with Crippen LogP contribution in [0.25, 0.3) is 0 Å². The first-order valence-electron chi connectivity index (χ1n) is 7.63. The Hall–Kier alpha value is -2.53. The summed E-state index contributed by atoms with van der Waals surface area (Å²) >= 11 is 0. The van der Waals surface area contributed by atoms with E-state index in [1.807, 2.05) is 6.07 Å². The van der Waals surface area contributed by atoms with Crippen molar-refractivity contribution in [1.29, 1.82) is 0 Å². The van der Waals surface area contributed by atoms with Gasteiger partial charge in [-0.2, -0.15) is 0 Å². The number of carbonyl (C=O) groups excluding carboxylic acids is 3. The maximum atomic E-state index is 11.5. The first kappa shape index (κ1) is 21.5. The molecule has 0 fully saturated rings. The van der Waals surface area contributed by atoms with Gasteiger partial charge in [0.05, 0.1) is 0 Å². The van der Waals surface area contributed by atoms with Crippen LogP contribution in [0.3, 0.4) is 0 Å². The molecule has 0 aliphatic carbocycles. The largest absolute Gasteiger partial charge is 0.462 e. The standard InChI is InChI=1S/C16H21NO9/c18-7-11(19)14(22)15(23)12(20)9-25-13(21)6-17-16(24)26-8-10-4-2-1-3-5-10/h1-5,7,11-12,14-15,19-20,22-23H,6,8-9H2,(H,17,24)/t11-,12-,14-,15-/m1/s1. The molecule has 0 aliphatic rings. The van der Waals surface area contributed by atoms with Gasteiger partial charge in [-0.25, -0.2) is 4.79 Å². The quantitative estimate of drug-likeness (QED) is 0.233. The predicted octanol–water partition coefficient (Wildman–Crippen LogP) is -1.90. The van der Waals surface area contributed by atoms with Crippen molar-refractivity contribution in [2.45, 2.75) is 31.0 Å². The molecule has 0 saturated carbocycles. The lowest BCUT2D eigenvalue weighted by Gasteiger charge is -2.23. The van der Waals surface area contributed by atoms with E-state index in [1.54, 1.807) is 24.3 Å². The van der Waals surface area contributed by atoms with E-state index < -0.39 is 49.6 Å². The van der Waals surface area contributed by atoms with Gasteiger partial charge in [0, 0.05) is 0 Å². The number of aliphatic hydroxyl groups is 4. The molecule has 10 heteroatoms. The van der Waals surface area contributed by atoms with Gasteiger partial charge in [0.1, 0.15) is 44.2 Å². The van der Waals surface area contributed by atoms with Crippen molar-refractivity contribution >= 4 is 18.3 Å². The van der Waals surface area contributed by atoms with Gasteiger partial charge >= 0.3 is 12.1 Å². The van der Waals surface area contributed by atoms with E-state index >= 15 is 0 Å². The van der Waals surface area contributed by atoms with Crippen molar-refractivity contribution in [2.75, 3.05) is 13.2 Å². The molecule has 26 heavy (non-hydrogen) atoms. The van der Waals surface area contributed by atoms with E-state index in [1.165, 1.54) is 0 Å². The number of aldehydes is 1. The Labute approximate surface area is 149 Å². The molecule has 0 radical (unpaired) electrons. The lowest BCUT2D eigenvalue weighted by Crippen LogP contribution is -2.47. The van der Waals surface area contributed by atoms with Gasteiger partial charge in [0.15, 0.2) is 6.29 Å². The molecule has 1 aromatic carbocycles. The van der Waals surface area contributed by atoms with Crippen LogP contribution >= 0.6 is 0 Å². The third-order valence-electron chi connectivity index (χ3n) is 3.24. The van der Waals surface area contributed by atoms with Crippen molar-refractivity contribution in [3.63, 3.8) is 0 Å². The average Bonchev–Trinajstić information content (AvgIpc) is 2.67. The highest BCUT2D eigenvalue weighted by atomic mass is 16.6. The van der Waals surface area contributed by atoms with Crippen molar-refractivity contribution in [1.82, 2.24) is 5.32 Å². The van der Waals surface area contributed by atoms with Gasteiger partial charge in [0.25, 0.3) is 0 Å². The Morgan fingerprint density at radius 1 is 1.04 bits per heavy atom. The van der Waals surface area contributed by atoms with Crippen molar-refractivity contribution in [3.8, 4) is 0 Å². The van der Waals surface area contributed by atoms with Gasteiger partial charge in [0.2, 0.25) is 0 Å². The number of esters is 1. The fourth-order valence-corrected chi connectivity index (χ4v) is 1.76. The summed E-state index contributed by atoms with van der Waals surface area (Å²) in [7, 11) is 0. The predicted molar refractivity (Wildman–Crippen MR) is 85.7 cm³/mol. The van der Waals surface area contributed by atoms with Gasteiger partial charge in [-0.1, -0.05) is 30.3 Å². The van der Waals surface area contributed by atoms with Crippen LogP contribution < -0.4 is 5.32 Å². The molecule has 0 saturated heterocycles. The molecule has 5 N–H and O–H groups in total. The average molecular weight is 371 g/mol. The highest BCUT2D eigenvalue weighted by Gasteiger charge is 2.30. The number of ether oxygens (including phenoxy) is 2. The van der Waals surface area contributed by atoms with E-state index in [0.717, 1.165) is 5.56 Å². The van der Waals surface area contributed by atoms with E-state index in [2.05, 4.69) is 10.1 Å². The third kappa shape index (κ3) is 7.57. The van der Waals surface area contributed by atoms with Crippen molar-refractivity contribution < 1.29 is 44.3 Å². The summed E-state index contributed by atoms with van der Waals surface area (Å²) in [6, 6.07) is 8.87. The molecule has 0 heterocycles. The maximum absolute atomic E-state index is 11.5. The minimum atomic E-state index is -1.94. The number of alkyl carbamates (subject to hydrolysis) is 1. The number of carbonyl (C=O) groups is 3. The summed E-state index contributed by atoms with van der Waals surface area (Å²) in [5.74, 6) is -0.932. The normalized spacial score (nSPS) is 15.2. The fraction of sp³-hybridized carbons (Fsp3) is 0.438. The highest BCUT2D eigenvalue weighted by Crippen LogP contribution is 2.05. The highest BCUT2D eigenvalue weighted by molar-refractivity contribution is 5.77. The van der Waals surface area contributed by atoms with Crippen LogP contribution in [0.4, 0.5) is 4.79 Å². The smallest absolute Gasteiger partial charge is 0.407 e. The molecule has 1 aromatic rings. The van der Waals surface area contributed by atoms with Crippen LogP contribution in [-0.4, -0.2) is 76.3 Å². The number of rotatable bonds is 10. The first-order chi connectivity index (χ1) is 12.3. The van der Waals surface area contributed by atoms with Gasteiger partial charge in [-0.3, -0.25) is 4.79 Å². The third-order valence-corrected chi connectivity index (χ3v) is 3.24. The lowest BCUT2D eigenvalue weighted by atomic mass is 10.0. The van der Waals surface area contributed by atoms with E-state index in [9.17, 15) is 29.7 Å². The monoisotopic (exact) mass is 371 g/mol. The molecule has 1 amide bonds. The molecule has 0 bridgehead atoms. The minimum absolute atomic E-state index is 0.0163. The van der Waals surface area contributed by atoms with Crippen LogP contribution in [0.2, 0.25) is 0 Å². The molecule has 144 valence electrons. The minimum Gasteiger partial charge on any atom is -0.462 e. The zero-order valence-electron chi connectivity index (χ0n) is 13.7. The molecule has 4 atom stereocenters. The van der Waals surface area contributed by atoms with E-state index in [-0.39, 0.29) is 12.9 Å². The number of amides is 1. The summed E-state index contributed by atoms with van der Waals surface area (Å²) in [5, 5.41) is 39.6. The Morgan fingerprint density at radius 2 is 1.69 bits per heavy atom. The second-order valence-electron chi connectivity index (χ2n) is 5.27. The number of aliphatic hydroxyl groups excluding tert-OH is 4. The molecule has 1 rings (SSSR count). The Kier molecular flexibility index (Phi) is 9.23. The first-order valence-corrected chi connectivity index (χ1v) is 7.63. The molecule has 0 aromatic heterocycles.